The molecular formula is C18H30ClN3O3. The van der Waals surface area contributed by atoms with Crippen molar-refractivity contribution in [1.29, 1.82) is 0 Å². The molecule has 0 aromatic heterocycles. The van der Waals surface area contributed by atoms with E-state index in [1.165, 1.54) is 12.1 Å². The van der Waals surface area contributed by atoms with Crippen LogP contribution in [0, 0.1) is 0 Å². The number of hydrogen-bond acceptors (Lipinski definition) is 5. The van der Waals surface area contributed by atoms with Gasteiger partial charge in [0.15, 0.2) is 0 Å². The summed E-state index contributed by atoms with van der Waals surface area (Å²) in [5.41, 5.74) is 5.39. The maximum atomic E-state index is 12.5. The molecule has 6 nitrogen and oxygen atoms in total. The fraction of sp³-hybridized carbons (Fsp3) is 0.611. The molecule has 1 atom stereocenters. The van der Waals surface area contributed by atoms with Crippen LogP contribution in [0.15, 0.2) is 12.1 Å². The van der Waals surface area contributed by atoms with Crippen molar-refractivity contribution >= 4 is 23.2 Å². The van der Waals surface area contributed by atoms with Gasteiger partial charge in [0, 0.05) is 19.2 Å². The number of nitrogen functional groups attached to an aromatic ring is 1. The monoisotopic (exact) mass is 371 g/mol. The zero-order valence-corrected chi connectivity index (χ0v) is 16.5. The maximum absolute atomic E-state index is 12.5. The lowest BCUT2D eigenvalue weighted by atomic mass is 10.0. The maximum Gasteiger partial charge on any atom is 0.255 e. The molecule has 25 heavy (non-hydrogen) atoms. The molecule has 0 fully saturated rings. The van der Waals surface area contributed by atoms with Crippen molar-refractivity contribution in [1.82, 2.24) is 10.2 Å². The Balaban J connectivity index is 2.93. The molecule has 0 radical (unpaired) electrons. The molecule has 0 saturated carbocycles. The Morgan fingerprint density at radius 3 is 2.52 bits per heavy atom. The number of nitrogens with two attached hydrogens (primary N) is 1. The number of carbonyl (C=O) groups is 1. The normalized spacial score (nSPS) is 13.0. The third kappa shape index (κ3) is 6.38. The summed E-state index contributed by atoms with van der Waals surface area (Å²) in [5, 5.41) is 13.2. The molecule has 0 spiro atoms. The third-order valence-corrected chi connectivity index (χ3v) is 4.58. The van der Waals surface area contributed by atoms with E-state index in [1.54, 1.807) is 20.8 Å². The first-order valence-corrected chi connectivity index (χ1v) is 8.96. The summed E-state index contributed by atoms with van der Waals surface area (Å²) >= 11 is 6.07. The molecule has 1 unspecified atom stereocenters. The number of nitrogens with zero attached hydrogens (tertiary/aromatic N) is 1. The molecular weight excluding hydrogens is 342 g/mol. The quantitative estimate of drug-likeness (QED) is 0.580. The van der Waals surface area contributed by atoms with Gasteiger partial charge >= 0.3 is 0 Å². The van der Waals surface area contributed by atoms with Crippen molar-refractivity contribution < 1.29 is 14.6 Å². The first-order chi connectivity index (χ1) is 11.6. The molecule has 0 aliphatic carbocycles. The zero-order chi connectivity index (χ0) is 19.2. The van der Waals surface area contributed by atoms with Gasteiger partial charge in [-0.25, -0.2) is 0 Å². The van der Waals surface area contributed by atoms with Crippen molar-refractivity contribution in [3.8, 4) is 5.75 Å². The second-order valence-corrected chi connectivity index (χ2v) is 6.97. The molecule has 0 aliphatic heterocycles. The predicted molar refractivity (Wildman–Crippen MR) is 102 cm³/mol. The van der Waals surface area contributed by atoms with Crippen molar-refractivity contribution in [3.63, 3.8) is 0 Å². The van der Waals surface area contributed by atoms with E-state index in [2.05, 4.69) is 24.1 Å². The Bertz CT molecular complexity index is 584. The average molecular weight is 372 g/mol. The van der Waals surface area contributed by atoms with E-state index in [0.29, 0.717) is 23.5 Å². The van der Waals surface area contributed by atoms with Crippen LogP contribution in [0.25, 0.3) is 0 Å². The summed E-state index contributed by atoms with van der Waals surface area (Å²) in [6.07, 6.45) is -0.532. The highest BCUT2D eigenvalue weighted by atomic mass is 35.5. The molecule has 0 bridgehead atoms. The van der Waals surface area contributed by atoms with Crippen LogP contribution in [0.2, 0.25) is 5.02 Å². The van der Waals surface area contributed by atoms with Crippen LogP contribution in [-0.4, -0.2) is 53.8 Å². The number of nitrogens with one attached hydrogen (secondary N) is 1. The molecule has 0 aliphatic rings. The number of aliphatic hydroxyl groups is 1. The number of hydrogen-bond donors (Lipinski definition) is 3. The second-order valence-electron chi connectivity index (χ2n) is 6.57. The van der Waals surface area contributed by atoms with E-state index in [9.17, 15) is 9.90 Å². The molecule has 4 N–H and O–H groups in total. The summed E-state index contributed by atoms with van der Waals surface area (Å²) in [4.78, 5) is 14.8. The lowest BCUT2D eigenvalue weighted by Gasteiger charge is -2.27. The Morgan fingerprint density at radius 2 is 2.00 bits per heavy atom. The van der Waals surface area contributed by atoms with Crippen molar-refractivity contribution in [3.05, 3.63) is 22.7 Å². The minimum Gasteiger partial charge on any atom is -0.487 e. The van der Waals surface area contributed by atoms with Crippen LogP contribution in [-0.2, 0) is 0 Å². The van der Waals surface area contributed by atoms with Crippen LogP contribution in [0.4, 0.5) is 5.69 Å². The van der Waals surface area contributed by atoms with Crippen LogP contribution in [0.3, 0.4) is 0 Å². The Kier molecular flexibility index (Phi) is 7.99. The highest BCUT2D eigenvalue weighted by molar-refractivity contribution is 6.33. The molecule has 142 valence electrons. The Hall–Kier alpha value is -1.50. The fourth-order valence-corrected chi connectivity index (χ4v) is 2.30. The summed E-state index contributed by atoms with van der Waals surface area (Å²) < 4.78 is 5.78. The molecule has 1 rings (SSSR count). The van der Waals surface area contributed by atoms with Gasteiger partial charge in [-0.2, -0.15) is 0 Å². The predicted octanol–water partition coefficient (Wildman–Crippen LogP) is 2.53. The minimum absolute atomic E-state index is 0.285. The van der Waals surface area contributed by atoms with Gasteiger partial charge in [-0.3, -0.25) is 4.79 Å². The van der Waals surface area contributed by atoms with Gasteiger partial charge in [0.05, 0.1) is 21.9 Å². The number of rotatable bonds is 9. The van der Waals surface area contributed by atoms with E-state index >= 15 is 0 Å². The summed E-state index contributed by atoms with van der Waals surface area (Å²) in [5.74, 6) is 0.0175. The van der Waals surface area contributed by atoms with Crippen LogP contribution in [0.1, 0.15) is 45.0 Å². The molecule has 1 aromatic carbocycles. The number of ether oxygens (including phenoxy) is 1. The van der Waals surface area contributed by atoms with Gasteiger partial charge in [-0.05, 0) is 39.9 Å². The van der Waals surface area contributed by atoms with E-state index in [0.717, 1.165) is 19.6 Å². The summed E-state index contributed by atoms with van der Waals surface area (Å²) in [6, 6.07) is 3.01. The van der Waals surface area contributed by atoms with Gasteiger partial charge in [0.2, 0.25) is 0 Å². The summed E-state index contributed by atoms with van der Waals surface area (Å²) in [7, 11) is 0. The molecule has 0 heterocycles. The number of benzene rings is 1. The summed E-state index contributed by atoms with van der Waals surface area (Å²) in [6.45, 7) is 12.3. The van der Waals surface area contributed by atoms with E-state index in [4.69, 9.17) is 22.1 Å². The molecule has 7 heteroatoms. The minimum atomic E-state index is -1.06. The van der Waals surface area contributed by atoms with Crippen molar-refractivity contribution in [2.75, 3.05) is 31.9 Å². The number of anilines is 1. The van der Waals surface area contributed by atoms with Crippen molar-refractivity contribution in [2.45, 2.75) is 46.3 Å². The highest BCUT2D eigenvalue weighted by Gasteiger charge is 2.26. The van der Waals surface area contributed by atoms with Gasteiger partial charge in [-0.15, -0.1) is 0 Å². The molecule has 0 saturated heterocycles. The number of halogens is 1. The lowest BCUT2D eigenvalue weighted by molar-refractivity contribution is -0.0244. The van der Waals surface area contributed by atoms with Gasteiger partial charge in [0.1, 0.15) is 11.9 Å². The van der Waals surface area contributed by atoms with E-state index < -0.39 is 11.7 Å². The number of likely N-dealkylation sites (N-methyl/N-ethyl adjacent to an activating group) is 1. The van der Waals surface area contributed by atoms with Gasteiger partial charge in [0.25, 0.3) is 5.91 Å². The number of carbonyl (C=O) groups excluding carboxylic acids is 1. The lowest BCUT2D eigenvalue weighted by Crippen LogP contribution is -2.39. The average Bonchev–Trinajstić information content (AvgIpc) is 2.53. The zero-order valence-electron chi connectivity index (χ0n) is 15.7. The van der Waals surface area contributed by atoms with Crippen LogP contribution < -0.4 is 15.8 Å². The topological polar surface area (TPSA) is 87.8 Å². The van der Waals surface area contributed by atoms with Crippen molar-refractivity contribution in [2.24, 2.45) is 0 Å². The van der Waals surface area contributed by atoms with E-state index in [1.807, 2.05) is 0 Å². The van der Waals surface area contributed by atoms with Gasteiger partial charge < -0.3 is 25.8 Å². The standard InChI is InChI=1S/C18H30ClN3O3/c1-6-22(7-2)9-8-21-17(23)13-10-14(19)15(20)11-16(13)25-12(3)18(4,5)24/h10-12,24H,6-9,20H2,1-5H3,(H,21,23). The Morgan fingerprint density at radius 1 is 1.40 bits per heavy atom. The van der Waals surface area contributed by atoms with E-state index in [-0.39, 0.29) is 10.9 Å². The molecule has 1 amide bonds. The second kappa shape index (κ2) is 9.27. The Labute approximate surface area is 155 Å². The third-order valence-electron chi connectivity index (χ3n) is 4.25. The number of amides is 1. The molecule has 1 aromatic rings. The fourth-order valence-electron chi connectivity index (χ4n) is 2.14. The highest BCUT2D eigenvalue weighted by Crippen LogP contribution is 2.31. The smallest absolute Gasteiger partial charge is 0.255 e. The largest absolute Gasteiger partial charge is 0.487 e. The van der Waals surface area contributed by atoms with Crippen LogP contribution >= 0.6 is 11.6 Å². The first kappa shape index (κ1) is 21.5. The van der Waals surface area contributed by atoms with Crippen LogP contribution in [0.5, 0.6) is 5.75 Å². The SMILES string of the molecule is CCN(CC)CCNC(=O)c1cc(Cl)c(N)cc1OC(C)C(C)(C)O. The van der Waals surface area contributed by atoms with Gasteiger partial charge in [-0.1, -0.05) is 25.4 Å². The first-order valence-electron chi connectivity index (χ1n) is 8.58.